The highest BCUT2D eigenvalue weighted by molar-refractivity contribution is 7.09. The molecular formula is C15H22N4O2S. The van der Waals surface area contributed by atoms with Gasteiger partial charge in [0.05, 0.1) is 18.3 Å². The molecule has 1 fully saturated rings. The van der Waals surface area contributed by atoms with E-state index in [9.17, 15) is 0 Å². The Morgan fingerprint density at radius 2 is 2.32 bits per heavy atom. The fraction of sp³-hybridized carbons (Fsp3) is 0.667. The Bertz CT molecular complexity index is 610. The second kappa shape index (κ2) is 6.85. The van der Waals surface area contributed by atoms with Gasteiger partial charge in [0.1, 0.15) is 5.01 Å². The van der Waals surface area contributed by atoms with Crippen LogP contribution in [0, 0.1) is 0 Å². The van der Waals surface area contributed by atoms with Crippen LogP contribution in [-0.2, 0) is 17.9 Å². The van der Waals surface area contributed by atoms with Gasteiger partial charge in [0.25, 0.3) is 0 Å². The molecule has 1 saturated heterocycles. The first-order valence-electron chi connectivity index (χ1n) is 7.67. The first kappa shape index (κ1) is 15.6. The molecule has 6 nitrogen and oxygen atoms in total. The topological polar surface area (TPSA) is 64.3 Å². The van der Waals surface area contributed by atoms with Crippen molar-refractivity contribution in [2.75, 3.05) is 13.7 Å². The molecule has 0 N–H and O–H groups in total. The lowest BCUT2D eigenvalue weighted by molar-refractivity contribution is 0.184. The zero-order valence-corrected chi connectivity index (χ0v) is 14.1. The summed E-state index contributed by atoms with van der Waals surface area (Å²) in [5.74, 6) is 1.80. The summed E-state index contributed by atoms with van der Waals surface area (Å²) in [4.78, 5) is 11.6. The largest absolute Gasteiger partial charge is 0.378 e. The standard InChI is InChI=1S/C15H22N4O2S/c1-10(2)15-17-14(18-21-15)12-5-4-6-19(12)7-11-9-22-13(16-11)8-20-3/h9-10,12H,4-8H2,1-3H3/t12-/m1/s1. The number of aromatic nitrogens is 3. The number of hydrogen-bond donors (Lipinski definition) is 0. The van der Waals surface area contributed by atoms with Crippen molar-refractivity contribution in [2.24, 2.45) is 0 Å². The number of nitrogens with zero attached hydrogens (tertiary/aromatic N) is 4. The number of ether oxygens (including phenoxy) is 1. The second-order valence-electron chi connectivity index (χ2n) is 5.94. The zero-order chi connectivity index (χ0) is 15.5. The predicted molar refractivity (Wildman–Crippen MR) is 83.6 cm³/mol. The van der Waals surface area contributed by atoms with E-state index in [2.05, 4.69) is 39.3 Å². The van der Waals surface area contributed by atoms with Gasteiger partial charge in [-0.25, -0.2) is 4.98 Å². The van der Waals surface area contributed by atoms with E-state index in [0.717, 1.165) is 48.3 Å². The maximum Gasteiger partial charge on any atom is 0.229 e. The number of thiazole rings is 1. The normalized spacial score (nSPS) is 19.4. The van der Waals surface area contributed by atoms with Gasteiger partial charge in [0.15, 0.2) is 5.82 Å². The van der Waals surface area contributed by atoms with Crippen LogP contribution in [-0.4, -0.2) is 33.7 Å². The number of likely N-dealkylation sites (tertiary alicyclic amines) is 1. The lowest BCUT2D eigenvalue weighted by atomic mass is 10.2. The molecule has 2 aromatic rings. The summed E-state index contributed by atoms with van der Waals surface area (Å²) >= 11 is 1.65. The van der Waals surface area contributed by atoms with Crippen molar-refractivity contribution in [1.29, 1.82) is 0 Å². The monoisotopic (exact) mass is 322 g/mol. The van der Waals surface area contributed by atoms with Gasteiger partial charge in [-0.3, -0.25) is 4.90 Å². The summed E-state index contributed by atoms with van der Waals surface area (Å²) in [6.07, 6.45) is 2.23. The summed E-state index contributed by atoms with van der Waals surface area (Å²) in [7, 11) is 1.69. The molecule has 0 aliphatic carbocycles. The van der Waals surface area contributed by atoms with E-state index in [-0.39, 0.29) is 12.0 Å². The molecule has 0 amide bonds. The number of rotatable bonds is 6. The molecule has 0 bridgehead atoms. The highest BCUT2D eigenvalue weighted by Gasteiger charge is 2.30. The average molecular weight is 322 g/mol. The van der Waals surface area contributed by atoms with Crippen molar-refractivity contribution >= 4 is 11.3 Å². The highest BCUT2D eigenvalue weighted by Crippen LogP contribution is 2.32. The molecule has 1 aliphatic rings. The molecule has 2 aromatic heterocycles. The first-order valence-corrected chi connectivity index (χ1v) is 8.55. The van der Waals surface area contributed by atoms with E-state index < -0.39 is 0 Å². The van der Waals surface area contributed by atoms with Gasteiger partial charge in [0, 0.05) is 25.0 Å². The van der Waals surface area contributed by atoms with E-state index in [1.807, 2.05) is 0 Å². The fourth-order valence-corrected chi connectivity index (χ4v) is 3.50. The first-order chi connectivity index (χ1) is 10.7. The van der Waals surface area contributed by atoms with Crippen molar-refractivity contribution in [3.05, 3.63) is 27.8 Å². The van der Waals surface area contributed by atoms with Crippen LogP contribution in [0.4, 0.5) is 0 Å². The molecule has 22 heavy (non-hydrogen) atoms. The van der Waals surface area contributed by atoms with Crippen molar-refractivity contribution in [3.63, 3.8) is 0 Å². The molecule has 7 heteroatoms. The predicted octanol–water partition coefficient (Wildman–Crippen LogP) is 3.13. The maximum absolute atomic E-state index is 5.36. The Morgan fingerprint density at radius 1 is 1.45 bits per heavy atom. The maximum atomic E-state index is 5.36. The molecule has 0 aromatic carbocycles. The van der Waals surface area contributed by atoms with Crippen molar-refractivity contribution < 1.29 is 9.26 Å². The van der Waals surface area contributed by atoms with E-state index in [4.69, 9.17) is 9.26 Å². The average Bonchev–Trinajstić information content (AvgIpc) is 3.19. The molecule has 0 spiro atoms. The van der Waals surface area contributed by atoms with Crippen molar-refractivity contribution in [3.8, 4) is 0 Å². The van der Waals surface area contributed by atoms with Crippen LogP contribution in [0.1, 0.15) is 61.1 Å². The SMILES string of the molecule is COCc1nc(CN2CCC[C@@H]2c2noc(C(C)C)n2)cs1. The fourth-order valence-electron chi connectivity index (χ4n) is 2.74. The van der Waals surface area contributed by atoms with Crippen LogP contribution >= 0.6 is 11.3 Å². The molecule has 3 rings (SSSR count). The number of methoxy groups -OCH3 is 1. The molecule has 0 radical (unpaired) electrons. The summed E-state index contributed by atoms with van der Waals surface area (Å²) < 4.78 is 10.5. The lowest BCUT2D eigenvalue weighted by Gasteiger charge is -2.20. The van der Waals surface area contributed by atoms with Gasteiger partial charge >= 0.3 is 0 Å². The quantitative estimate of drug-likeness (QED) is 0.814. The van der Waals surface area contributed by atoms with Crippen LogP contribution in [0.5, 0.6) is 0 Å². The Balaban J connectivity index is 1.69. The van der Waals surface area contributed by atoms with Crippen molar-refractivity contribution in [1.82, 2.24) is 20.0 Å². The Labute approximate surface area is 134 Å². The van der Waals surface area contributed by atoms with Gasteiger partial charge in [-0.1, -0.05) is 19.0 Å². The van der Waals surface area contributed by atoms with Gasteiger partial charge in [-0.05, 0) is 19.4 Å². The molecule has 120 valence electrons. The minimum absolute atomic E-state index is 0.240. The minimum atomic E-state index is 0.240. The molecule has 0 saturated carbocycles. The van der Waals surface area contributed by atoms with Crippen LogP contribution in [0.2, 0.25) is 0 Å². The molecule has 1 aliphatic heterocycles. The Kier molecular flexibility index (Phi) is 4.85. The summed E-state index contributed by atoms with van der Waals surface area (Å²) in [6, 6.07) is 0.240. The molecular weight excluding hydrogens is 300 g/mol. The third-order valence-corrected chi connectivity index (χ3v) is 4.72. The van der Waals surface area contributed by atoms with Crippen LogP contribution in [0.15, 0.2) is 9.90 Å². The molecule has 0 unspecified atom stereocenters. The molecule has 1 atom stereocenters. The summed E-state index contributed by atoms with van der Waals surface area (Å²) in [5.41, 5.74) is 1.09. The Hall–Kier alpha value is -1.31. The number of hydrogen-bond acceptors (Lipinski definition) is 7. The van der Waals surface area contributed by atoms with Gasteiger partial charge < -0.3 is 9.26 Å². The van der Waals surface area contributed by atoms with Gasteiger partial charge in [-0.2, -0.15) is 4.98 Å². The third-order valence-electron chi connectivity index (χ3n) is 3.85. The van der Waals surface area contributed by atoms with Crippen LogP contribution < -0.4 is 0 Å². The highest BCUT2D eigenvalue weighted by atomic mass is 32.1. The van der Waals surface area contributed by atoms with Crippen LogP contribution in [0.25, 0.3) is 0 Å². The van der Waals surface area contributed by atoms with Crippen LogP contribution in [0.3, 0.4) is 0 Å². The molecule has 3 heterocycles. The zero-order valence-electron chi connectivity index (χ0n) is 13.3. The van der Waals surface area contributed by atoms with E-state index >= 15 is 0 Å². The lowest BCUT2D eigenvalue weighted by Crippen LogP contribution is -2.23. The van der Waals surface area contributed by atoms with Gasteiger partial charge in [-0.15, -0.1) is 11.3 Å². The van der Waals surface area contributed by atoms with E-state index in [1.54, 1.807) is 18.4 Å². The third kappa shape index (κ3) is 3.37. The van der Waals surface area contributed by atoms with E-state index in [0.29, 0.717) is 6.61 Å². The summed E-state index contributed by atoms with van der Waals surface area (Å²) in [6.45, 7) is 6.59. The van der Waals surface area contributed by atoms with Gasteiger partial charge in [0.2, 0.25) is 5.89 Å². The van der Waals surface area contributed by atoms with Crippen molar-refractivity contribution in [2.45, 2.75) is 51.8 Å². The Morgan fingerprint density at radius 3 is 3.05 bits per heavy atom. The minimum Gasteiger partial charge on any atom is -0.378 e. The smallest absolute Gasteiger partial charge is 0.229 e. The summed E-state index contributed by atoms with van der Waals surface area (Å²) in [5, 5.41) is 7.31. The van der Waals surface area contributed by atoms with E-state index in [1.165, 1.54) is 0 Å². The second-order valence-corrected chi connectivity index (χ2v) is 6.88.